The Hall–Kier alpha value is 0.590. The Morgan fingerprint density at radius 3 is 2.46 bits per heavy atom. The van der Waals surface area contributed by atoms with Crippen molar-refractivity contribution in [1.82, 2.24) is 0 Å². The third kappa shape index (κ3) is 2.77. The Morgan fingerprint density at radius 1 is 1.23 bits per heavy atom. The van der Waals surface area contributed by atoms with Crippen molar-refractivity contribution in [3.8, 4) is 0 Å². The first-order chi connectivity index (χ1) is 6.20. The van der Waals surface area contributed by atoms with E-state index in [1.807, 2.05) is 0 Å². The van der Waals surface area contributed by atoms with E-state index in [2.05, 4.69) is 47.8 Å². The molecule has 72 valence electrons. The fraction of sp³-hybridized carbons (Fsp3) is 0.333. The summed E-state index contributed by atoms with van der Waals surface area (Å²) >= 11 is 10.1. The third-order valence-corrected chi connectivity index (χ3v) is 3.74. The lowest BCUT2D eigenvalue weighted by Crippen LogP contribution is -1.96. The van der Waals surface area contributed by atoms with E-state index in [9.17, 15) is 4.39 Å². The number of hydrogen-bond acceptors (Lipinski definition) is 0. The maximum absolute atomic E-state index is 13.3. The Labute approximate surface area is 102 Å². The normalized spacial score (nSPS) is 10.5. The van der Waals surface area contributed by atoms with Crippen molar-refractivity contribution in [1.29, 1.82) is 0 Å². The number of alkyl halides is 2. The molecule has 0 aromatic heterocycles. The van der Waals surface area contributed by atoms with Gasteiger partial charge >= 0.3 is 0 Å². The molecule has 0 nitrogen and oxygen atoms in total. The molecule has 1 rings (SSSR count). The van der Waals surface area contributed by atoms with Gasteiger partial charge in [0.15, 0.2) is 0 Å². The van der Waals surface area contributed by atoms with Gasteiger partial charge in [0.1, 0.15) is 5.82 Å². The molecule has 0 unspecified atom stereocenters. The molecular formula is C9H8Br3F. The quantitative estimate of drug-likeness (QED) is 0.687. The van der Waals surface area contributed by atoms with Crippen LogP contribution in [0.3, 0.4) is 0 Å². The highest BCUT2D eigenvalue weighted by molar-refractivity contribution is 9.11. The average molecular weight is 375 g/mol. The lowest BCUT2D eigenvalue weighted by molar-refractivity contribution is 0.610. The van der Waals surface area contributed by atoms with Gasteiger partial charge in [0, 0.05) is 20.7 Å². The molecule has 0 aliphatic carbocycles. The minimum atomic E-state index is -0.143. The van der Waals surface area contributed by atoms with Gasteiger partial charge in [-0.2, -0.15) is 0 Å². The monoisotopic (exact) mass is 372 g/mol. The minimum absolute atomic E-state index is 0.143. The zero-order valence-electron chi connectivity index (χ0n) is 6.79. The first-order valence-corrected chi connectivity index (χ1v) is 6.82. The highest BCUT2D eigenvalue weighted by Crippen LogP contribution is 2.26. The fourth-order valence-corrected chi connectivity index (χ4v) is 2.97. The van der Waals surface area contributed by atoms with Gasteiger partial charge in [-0.15, -0.1) is 0 Å². The van der Waals surface area contributed by atoms with Gasteiger partial charge in [-0.05, 0) is 18.1 Å². The SMILES string of the molecule is Fc1ccc(CBr)c(Br)c1CCBr. The van der Waals surface area contributed by atoms with Crippen molar-refractivity contribution in [2.45, 2.75) is 11.8 Å². The van der Waals surface area contributed by atoms with Crippen LogP contribution in [0.4, 0.5) is 4.39 Å². The summed E-state index contributed by atoms with van der Waals surface area (Å²) in [5.74, 6) is -0.143. The number of rotatable bonds is 3. The highest BCUT2D eigenvalue weighted by Gasteiger charge is 2.09. The molecule has 0 N–H and O–H groups in total. The van der Waals surface area contributed by atoms with E-state index in [0.29, 0.717) is 6.42 Å². The van der Waals surface area contributed by atoms with E-state index < -0.39 is 0 Å². The van der Waals surface area contributed by atoms with E-state index in [-0.39, 0.29) is 5.82 Å². The van der Waals surface area contributed by atoms with Crippen LogP contribution in [0.25, 0.3) is 0 Å². The number of benzene rings is 1. The molecule has 4 heteroatoms. The second-order valence-electron chi connectivity index (χ2n) is 2.57. The second-order valence-corrected chi connectivity index (χ2v) is 4.72. The van der Waals surface area contributed by atoms with E-state index in [1.165, 1.54) is 6.07 Å². The van der Waals surface area contributed by atoms with Crippen LogP contribution in [0, 0.1) is 5.82 Å². The maximum Gasteiger partial charge on any atom is 0.127 e. The average Bonchev–Trinajstić information content (AvgIpc) is 2.12. The molecule has 0 saturated heterocycles. The summed E-state index contributed by atoms with van der Waals surface area (Å²) in [5, 5.41) is 1.51. The zero-order chi connectivity index (χ0) is 9.84. The molecule has 1 aromatic carbocycles. The minimum Gasteiger partial charge on any atom is -0.207 e. The first-order valence-electron chi connectivity index (χ1n) is 3.78. The first kappa shape index (κ1) is 11.7. The van der Waals surface area contributed by atoms with Crippen LogP contribution < -0.4 is 0 Å². The van der Waals surface area contributed by atoms with E-state index in [4.69, 9.17) is 0 Å². The molecule has 0 atom stereocenters. The topological polar surface area (TPSA) is 0 Å². The lowest BCUT2D eigenvalue weighted by atomic mass is 10.1. The molecule has 0 radical (unpaired) electrons. The zero-order valence-corrected chi connectivity index (χ0v) is 11.5. The van der Waals surface area contributed by atoms with Crippen LogP contribution >= 0.6 is 47.8 Å². The van der Waals surface area contributed by atoms with Crippen molar-refractivity contribution in [2.24, 2.45) is 0 Å². The number of hydrogen-bond donors (Lipinski definition) is 0. The summed E-state index contributed by atoms with van der Waals surface area (Å²) in [7, 11) is 0. The van der Waals surface area contributed by atoms with Crippen LogP contribution in [0.5, 0.6) is 0 Å². The number of halogens is 4. The molecule has 0 amide bonds. The van der Waals surface area contributed by atoms with Gasteiger partial charge in [-0.25, -0.2) is 4.39 Å². The van der Waals surface area contributed by atoms with Crippen molar-refractivity contribution in [3.05, 3.63) is 33.5 Å². The summed E-state index contributed by atoms with van der Waals surface area (Å²) < 4.78 is 14.2. The smallest absolute Gasteiger partial charge is 0.127 e. The van der Waals surface area contributed by atoms with Crippen LogP contribution in [0.1, 0.15) is 11.1 Å². The summed E-state index contributed by atoms with van der Waals surface area (Å²) in [6, 6.07) is 3.30. The van der Waals surface area contributed by atoms with Gasteiger partial charge in [0.05, 0.1) is 0 Å². The van der Waals surface area contributed by atoms with Crippen LogP contribution in [-0.2, 0) is 11.8 Å². The molecule has 0 spiro atoms. The molecule has 0 heterocycles. The Kier molecular flexibility index (Phi) is 4.90. The van der Waals surface area contributed by atoms with Crippen molar-refractivity contribution < 1.29 is 4.39 Å². The summed E-state index contributed by atoms with van der Waals surface area (Å²) in [6.45, 7) is 0. The lowest BCUT2D eigenvalue weighted by Gasteiger charge is -2.07. The highest BCUT2D eigenvalue weighted by atomic mass is 79.9. The Bertz CT molecular complexity index is 299. The fourth-order valence-electron chi connectivity index (χ4n) is 1.07. The largest absolute Gasteiger partial charge is 0.207 e. The standard InChI is InChI=1S/C9H8Br3F/c10-4-3-7-8(13)2-1-6(5-11)9(7)12/h1-2H,3-5H2. The van der Waals surface area contributed by atoms with Crippen LogP contribution in [-0.4, -0.2) is 5.33 Å². The van der Waals surface area contributed by atoms with Gasteiger partial charge in [-0.1, -0.05) is 53.9 Å². The summed E-state index contributed by atoms with van der Waals surface area (Å²) in [6.07, 6.45) is 0.702. The van der Waals surface area contributed by atoms with Crippen molar-refractivity contribution >= 4 is 47.8 Å². The molecule has 0 aliphatic rings. The second kappa shape index (κ2) is 5.47. The molecule has 1 aromatic rings. The van der Waals surface area contributed by atoms with Crippen molar-refractivity contribution in [3.63, 3.8) is 0 Å². The molecule has 0 aliphatic heterocycles. The summed E-state index contributed by atoms with van der Waals surface area (Å²) in [5.41, 5.74) is 1.83. The van der Waals surface area contributed by atoms with Crippen molar-refractivity contribution in [2.75, 3.05) is 5.33 Å². The molecule has 0 saturated carbocycles. The van der Waals surface area contributed by atoms with E-state index in [0.717, 1.165) is 26.3 Å². The third-order valence-electron chi connectivity index (χ3n) is 1.75. The molecule has 13 heavy (non-hydrogen) atoms. The molecule has 0 fully saturated rings. The molecule has 0 bridgehead atoms. The molecular weight excluding hydrogens is 367 g/mol. The van der Waals surface area contributed by atoms with E-state index >= 15 is 0 Å². The van der Waals surface area contributed by atoms with Gasteiger partial charge in [0.2, 0.25) is 0 Å². The Balaban J connectivity index is 3.13. The van der Waals surface area contributed by atoms with Gasteiger partial charge in [0.25, 0.3) is 0 Å². The van der Waals surface area contributed by atoms with Gasteiger partial charge in [-0.3, -0.25) is 0 Å². The Morgan fingerprint density at radius 2 is 1.92 bits per heavy atom. The predicted molar refractivity (Wildman–Crippen MR) is 64.2 cm³/mol. The van der Waals surface area contributed by atoms with Crippen LogP contribution in [0.15, 0.2) is 16.6 Å². The maximum atomic E-state index is 13.3. The summed E-state index contributed by atoms with van der Waals surface area (Å²) in [4.78, 5) is 0. The van der Waals surface area contributed by atoms with Crippen LogP contribution in [0.2, 0.25) is 0 Å². The predicted octanol–water partition coefficient (Wildman–Crippen LogP) is 4.42. The van der Waals surface area contributed by atoms with E-state index in [1.54, 1.807) is 6.07 Å². The van der Waals surface area contributed by atoms with Gasteiger partial charge < -0.3 is 0 Å².